The van der Waals surface area contributed by atoms with E-state index in [1.807, 2.05) is 18.3 Å². The van der Waals surface area contributed by atoms with Gasteiger partial charge in [0.15, 0.2) is 0 Å². The lowest BCUT2D eigenvalue weighted by atomic mass is 10.0. The highest BCUT2D eigenvalue weighted by Crippen LogP contribution is 2.20. The van der Waals surface area contributed by atoms with E-state index in [0.29, 0.717) is 5.92 Å². The minimum atomic E-state index is 0.541. The van der Waals surface area contributed by atoms with Crippen LogP contribution in [0.5, 0.6) is 5.75 Å². The molecule has 0 aliphatic rings. The molecule has 0 spiro atoms. The Labute approximate surface area is 131 Å². The molecule has 0 bridgehead atoms. The Morgan fingerprint density at radius 2 is 1.73 bits per heavy atom. The van der Waals surface area contributed by atoms with E-state index in [4.69, 9.17) is 4.74 Å². The number of aromatic nitrogens is 1. The van der Waals surface area contributed by atoms with Crippen LogP contribution in [0.2, 0.25) is 0 Å². The predicted octanol–water partition coefficient (Wildman–Crippen LogP) is 4.86. The second-order valence-corrected chi connectivity index (χ2v) is 6.00. The van der Waals surface area contributed by atoms with Gasteiger partial charge in [-0.1, -0.05) is 50.2 Å². The van der Waals surface area contributed by atoms with E-state index in [2.05, 4.69) is 61.3 Å². The van der Waals surface area contributed by atoms with Crippen molar-refractivity contribution in [3.63, 3.8) is 0 Å². The third kappa shape index (κ3) is 3.45. The van der Waals surface area contributed by atoms with Crippen LogP contribution in [0.3, 0.4) is 0 Å². The maximum Gasteiger partial charge on any atom is 0.119 e. The van der Waals surface area contributed by atoms with Crippen LogP contribution in [0.15, 0.2) is 60.8 Å². The molecule has 2 aromatic carbocycles. The molecule has 0 saturated heterocycles. The number of fused-ring (bicyclic) bond motifs is 1. The molecular formula is C20H21NO. The summed E-state index contributed by atoms with van der Waals surface area (Å²) in [5, 5.41) is 2.47. The monoisotopic (exact) mass is 291 g/mol. The first-order valence-corrected chi connectivity index (χ1v) is 7.77. The lowest BCUT2D eigenvalue weighted by Gasteiger charge is -2.10. The maximum atomic E-state index is 5.73. The lowest BCUT2D eigenvalue weighted by Crippen LogP contribution is -2.04. The smallest absolute Gasteiger partial charge is 0.119 e. The molecule has 0 amide bonds. The zero-order valence-electron chi connectivity index (χ0n) is 13.1. The average molecular weight is 291 g/mol. The number of benzene rings is 2. The van der Waals surface area contributed by atoms with Crippen molar-refractivity contribution in [2.45, 2.75) is 20.3 Å². The van der Waals surface area contributed by atoms with Gasteiger partial charge in [0.2, 0.25) is 0 Å². The van der Waals surface area contributed by atoms with Crippen LogP contribution in [-0.4, -0.2) is 11.6 Å². The van der Waals surface area contributed by atoms with Crippen LogP contribution in [0.4, 0.5) is 0 Å². The average Bonchev–Trinajstić information content (AvgIpc) is 2.54. The molecule has 112 valence electrons. The SMILES string of the molecule is CC(C)COc1ccc(Cc2nccc3ccccc23)cc1. The molecule has 22 heavy (non-hydrogen) atoms. The van der Waals surface area contributed by atoms with Crippen LogP contribution in [0, 0.1) is 5.92 Å². The van der Waals surface area contributed by atoms with Gasteiger partial charge in [0.1, 0.15) is 5.75 Å². The summed E-state index contributed by atoms with van der Waals surface area (Å²) in [6.45, 7) is 5.06. The summed E-state index contributed by atoms with van der Waals surface area (Å²) >= 11 is 0. The normalized spacial score (nSPS) is 11.0. The van der Waals surface area contributed by atoms with Gasteiger partial charge in [0.05, 0.1) is 12.3 Å². The molecule has 0 saturated carbocycles. The molecule has 2 nitrogen and oxygen atoms in total. The molecule has 0 aliphatic carbocycles. The van der Waals surface area contributed by atoms with Gasteiger partial charge in [-0.15, -0.1) is 0 Å². The molecular weight excluding hydrogens is 270 g/mol. The quantitative estimate of drug-likeness (QED) is 0.669. The summed E-state index contributed by atoms with van der Waals surface area (Å²) in [7, 11) is 0. The number of ether oxygens (including phenoxy) is 1. The number of rotatable bonds is 5. The van der Waals surface area contributed by atoms with E-state index in [0.717, 1.165) is 24.5 Å². The van der Waals surface area contributed by atoms with Gasteiger partial charge in [-0.3, -0.25) is 4.98 Å². The van der Waals surface area contributed by atoms with Crippen LogP contribution in [0.25, 0.3) is 10.8 Å². The van der Waals surface area contributed by atoms with Crippen molar-refractivity contribution in [2.24, 2.45) is 5.92 Å². The fourth-order valence-corrected chi connectivity index (χ4v) is 2.48. The van der Waals surface area contributed by atoms with Gasteiger partial charge in [-0.25, -0.2) is 0 Å². The maximum absolute atomic E-state index is 5.73. The third-order valence-electron chi connectivity index (χ3n) is 3.63. The van der Waals surface area contributed by atoms with Crippen molar-refractivity contribution < 1.29 is 4.74 Å². The first-order chi connectivity index (χ1) is 10.7. The summed E-state index contributed by atoms with van der Waals surface area (Å²) < 4.78 is 5.73. The lowest BCUT2D eigenvalue weighted by molar-refractivity contribution is 0.271. The largest absolute Gasteiger partial charge is 0.493 e. The first-order valence-electron chi connectivity index (χ1n) is 7.77. The molecule has 3 rings (SSSR count). The van der Waals surface area contributed by atoms with Gasteiger partial charge in [-0.05, 0) is 35.1 Å². The minimum absolute atomic E-state index is 0.541. The number of nitrogens with zero attached hydrogens (tertiary/aromatic N) is 1. The molecule has 0 fully saturated rings. The number of pyridine rings is 1. The Balaban J connectivity index is 1.77. The Hall–Kier alpha value is -2.35. The summed E-state index contributed by atoms with van der Waals surface area (Å²) in [6, 6.07) is 18.8. The Bertz CT molecular complexity index is 742. The highest BCUT2D eigenvalue weighted by Gasteiger charge is 2.04. The zero-order chi connectivity index (χ0) is 15.4. The van der Waals surface area contributed by atoms with Gasteiger partial charge < -0.3 is 4.74 Å². The van der Waals surface area contributed by atoms with E-state index >= 15 is 0 Å². The van der Waals surface area contributed by atoms with Gasteiger partial charge in [0, 0.05) is 18.0 Å². The second kappa shape index (κ2) is 6.61. The van der Waals surface area contributed by atoms with Gasteiger partial charge in [-0.2, -0.15) is 0 Å². The second-order valence-electron chi connectivity index (χ2n) is 6.00. The first kappa shape index (κ1) is 14.6. The zero-order valence-corrected chi connectivity index (χ0v) is 13.1. The highest BCUT2D eigenvalue weighted by atomic mass is 16.5. The molecule has 1 aromatic heterocycles. The van der Waals surface area contributed by atoms with Crippen molar-refractivity contribution in [1.82, 2.24) is 4.98 Å². The fourth-order valence-electron chi connectivity index (χ4n) is 2.48. The molecule has 3 aromatic rings. The Morgan fingerprint density at radius 1 is 0.955 bits per heavy atom. The van der Waals surface area contributed by atoms with Crippen molar-refractivity contribution in [1.29, 1.82) is 0 Å². The summed E-state index contributed by atoms with van der Waals surface area (Å²) in [6.07, 6.45) is 2.73. The number of hydrogen-bond donors (Lipinski definition) is 0. The van der Waals surface area contributed by atoms with E-state index in [-0.39, 0.29) is 0 Å². The molecule has 0 atom stereocenters. The molecule has 0 unspecified atom stereocenters. The molecule has 2 heteroatoms. The highest BCUT2D eigenvalue weighted by molar-refractivity contribution is 5.84. The summed E-state index contributed by atoms with van der Waals surface area (Å²) in [5.41, 5.74) is 2.37. The van der Waals surface area contributed by atoms with E-state index in [1.165, 1.54) is 16.3 Å². The van der Waals surface area contributed by atoms with E-state index in [9.17, 15) is 0 Å². The Morgan fingerprint density at radius 3 is 2.50 bits per heavy atom. The standard InChI is InChI=1S/C20H21NO/c1-15(2)14-22-18-9-7-16(8-10-18)13-20-19-6-4-3-5-17(19)11-12-21-20/h3-12,15H,13-14H2,1-2H3. The minimum Gasteiger partial charge on any atom is -0.493 e. The predicted molar refractivity (Wildman–Crippen MR) is 91.3 cm³/mol. The molecule has 1 heterocycles. The molecule has 0 radical (unpaired) electrons. The summed E-state index contributed by atoms with van der Waals surface area (Å²) in [5.74, 6) is 1.47. The molecule has 0 aliphatic heterocycles. The topological polar surface area (TPSA) is 22.1 Å². The van der Waals surface area contributed by atoms with Crippen LogP contribution in [0.1, 0.15) is 25.1 Å². The van der Waals surface area contributed by atoms with Crippen molar-refractivity contribution in [2.75, 3.05) is 6.61 Å². The fraction of sp³-hybridized carbons (Fsp3) is 0.250. The third-order valence-corrected chi connectivity index (χ3v) is 3.63. The van der Waals surface area contributed by atoms with Crippen molar-refractivity contribution >= 4 is 10.8 Å². The van der Waals surface area contributed by atoms with E-state index in [1.54, 1.807) is 0 Å². The Kier molecular flexibility index (Phi) is 4.38. The van der Waals surface area contributed by atoms with Crippen molar-refractivity contribution in [3.05, 3.63) is 72.1 Å². The van der Waals surface area contributed by atoms with Crippen LogP contribution in [-0.2, 0) is 6.42 Å². The van der Waals surface area contributed by atoms with Crippen LogP contribution >= 0.6 is 0 Å². The van der Waals surface area contributed by atoms with E-state index < -0.39 is 0 Å². The van der Waals surface area contributed by atoms with Gasteiger partial charge >= 0.3 is 0 Å². The van der Waals surface area contributed by atoms with Crippen LogP contribution < -0.4 is 4.74 Å². The summed E-state index contributed by atoms with van der Waals surface area (Å²) in [4.78, 5) is 4.55. The van der Waals surface area contributed by atoms with Crippen molar-refractivity contribution in [3.8, 4) is 5.75 Å². The van der Waals surface area contributed by atoms with Gasteiger partial charge in [0.25, 0.3) is 0 Å². The number of hydrogen-bond acceptors (Lipinski definition) is 2. The molecule has 0 N–H and O–H groups in total.